The first-order valence-electron chi connectivity index (χ1n) is 8.05. The summed E-state index contributed by atoms with van der Waals surface area (Å²) in [6, 6.07) is 15.9. The quantitative estimate of drug-likeness (QED) is 0.480. The van der Waals surface area contributed by atoms with Crippen LogP contribution in [0.5, 0.6) is 0 Å². The van der Waals surface area contributed by atoms with Crippen LogP contribution in [0.4, 0.5) is 0 Å². The highest BCUT2D eigenvalue weighted by Crippen LogP contribution is 2.46. The minimum absolute atomic E-state index is 0.361. The Hall–Kier alpha value is -1.07. The number of nitrogens with zero attached hydrogens (tertiary/aromatic N) is 2. The smallest absolute Gasteiger partial charge is 0.0946 e. The van der Waals surface area contributed by atoms with E-state index in [2.05, 4.69) is 30.5 Å². The van der Waals surface area contributed by atoms with Crippen LogP contribution in [0, 0.1) is 0 Å². The maximum absolute atomic E-state index is 6.18. The molecule has 128 valence electrons. The number of benzene rings is 2. The summed E-state index contributed by atoms with van der Waals surface area (Å²) >= 11 is 16.3. The van der Waals surface area contributed by atoms with Crippen LogP contribution in [-0.4, -0.2) is 21.3 Å². The predicted molar refractivity (Wildman–Crippen MR) is 111 cm³/mol. The van der Waals surface area contributed by atoms with E-state index >= 15 is 0 Å². The normalized spacial score (nSPS) is 15.4. The van der Waals surface area contributed by atoms with Gasteiger partial charge in [0.1, 0.15) is 0 Å². The molecule has 1 saturated heterocycles. The van der Waals surface area contributed by atoms with Crippen LogP contribution < -0.4 is 0 Å². The molecular formula is C19H16Cl2N2S2. The molecule has 0 N–H and O–H groups in total. The van der Waals surface area contributed by atoms with Crippen molar-refractivity contribution in [1.82, 2.24) is 9.78 Å². The Labute approximate surface area is 165 Å². The Kier molecular flexibility index (Phi) is 5.32. The van der Waals surface area contributed by atoms with E-state index in [4.69, 9.17) is 28.3 Å². The third kappa shape index (κ3) is 3.87. The van der Waals surface area contributed by atoms with Gasteiger partial charge in [-0.3, -0.25) is 0 Å². The van der Waals surface area contributed by atoms with Crippen LogP contribution >= 0.6 is 46.7 Å². The Morgan fingerprint density at radius 2 is 1.64 bits per heavy atom. The molecule has 2 nitrogen and oxygen atoms in total. The van der Waals surface area contributed by atoms with Gasteiger partial charge in [0.15, 0.2) is 0 Å². The molecule has 0 unspecified atom stereocenters. The van der Waals surface area contributed by atoms with Gasteiger partial charge in [-0.25, -0.2) is 4.68 Å². The lowest BCUT2D eigenvalue weighted by Gasteiger charge is -2.20. The van der Waals surface area contributed by atoms with E-state index in [0.717, 1.165) is 11.4 Å². The molecule has 1 fully saturated rings. The van der Waals surface area contributed by atoms with E-state index < -0.39 is 0 Å². The zero-order chi connectivity index (χ0) is 17.2. The minimum atomic E-state index is 0.361. The van der Waals surface area contributed by atoms with Crippen molar-refractivity contribution in [3.05, 3.63) is 70.5 Å². The molecule has 1 aromatic heterocycles. The molecular weight excluding hydrogens is 391 g/mol. The average Bonchev–Trinajstić information content (AvgIpc) is 3.08. The second kappa shape index (κ2) is 7.67. The third-order valence-corrected chi connectivity index (χ3v) is 7.34. The first-order valence-corrected chi connectivity index (χ1v) is 10.9. The fraction of sp³-hybridized carbons (Fsp3) is 0.211. The van der Waals surface area contributed by atoms with E-state index in [1.165, 1.54) is 29.1 Å². The molecule has 2 aromatic carbocycles. The number of thioether (sulfide) groups is 2. The lowest BCUT2D eigenvalue weighted by atomic mass is 10.1. The summed E-state index contributed by atoms with van der Waals surface area (Å²) in [4.78, 5) is 0. The second-order valence-electron chi connectivity index (χ2n) is 5.79. The van der Waals surface area contributed by atoms with Crippen LogP contribution in [0.1, 0.15) is 16.7 Å². The fourth-order valence-corrected chi connectivity index (χ4v) is 6.22. The van der Waals surface area contributed by atoms with Gasteiger partial charge in [0.2, 0.25) is 0 Å². The monoisotopic (exact) mass is 406 g/mol. The van der Waals surface area contributed by atoms with Gasteiger partial charge >= 0.3 is 0 Å². The molecule has 3 aromatic rings. The van der Waals surface area contributed by atoms with Gasteiger partial charge < -0.3 is 0 Å². The molecule has 0 bridgehead atoms. The summed E-state index contributed by atoms with van der Waals surface area (Å²) in [6.07, 6.45) is 3.35. The Morgan fingerprint density at radius 1 is 0.960 bits per heavy atom. The molecule has 0 spiro atoms. The lowest BCUT2D eigenvalue weighted by Crippen LogP contribution is -2.03. The van der Waals surface area contributed by atoms with Gasteiger partial charge in [-0.05, 0) is 41.7 Å². The maximum atomic E-state index is 6.18. The van der Waals surface area contributed by atoms with Crippen LogP contribution in [0.25, 0.3) is 16.8 Å². The van der Waals surface area contributed by atoms with E-state index in [1.807, 2.05) is 46.4 Å². The molecule has 25 heavy (non-hydrogen) atoms. The third-order valence-electron chi connectivity index (χ3n) is 3.99. The van der Waals surface area contributed by atoms with Crippen molar-refractivity contribution in [3.8, 4) is 16.8 Å². The average molecular weight is 407 g/mol. The van der Waals surface area contributed by atoms with Crippen molar-refractivity contribution in [3.63, 3.8) is 0 Å². The SMILES string of the molecule is Clc1cc(Cl)cc(-n2cc(-c3ccccc3)c(C3SCCCS3)n2)c1. The molecule has 0 saturated carbocycles. The molecule has 0 radical (unpaired) electrons. The summed E-state index contributed by atoms with van der Waals surface area (Å²) in [7, 11) is 0. The first kappa shape index (κ1) is 17.3. The van der Waals surface area contributed by atoms with Crippen molar-refractivity contribution in [2.75, 3.05) is 11.5 Å². The Morgan fingerprint density at radius 3 is 2.32 bits per heavy atom. The highest BCUT2D eigenvalue weighted by Gasteiger charge is 2.24. The minimum Gasteiger partial charge on any atom is -0.240 e. The summed E-state index contributed by atoms with van der Waals surface area (Å²) < 4.78 is 2.25. The summed E-state index contributed by atoms with van der Waals surface area (Å²) in [5.41, 5.74) is 4.36. The van der Waals surface area contributed by atoms with Crippen LogP contribution in [-0.2, 0) is 0 Å². The van der Waals surface area contributed by atoms with Gasteiger partial charge in [0.05, 0.1) is 16.0 Å². The molecule has 1 aliphatic heterocycles. The zero-order valence-corrected chi connectivity index (χ0v) is 16.5. The first-order chi connectivity index (χ1) is 12.2. The van der Waals surface area contributed by atoms with Gasteiger partial charge in [-0.1, -0.05) is 53.5 Å². The van der Waals surface area contributed by atoms with E-state index in [1.54, 1.807) is 6.07 Å². The summed E-state index contributed by atoms with van der Waals surface area (Å²) in [6.45, 7) is 0. The van der Waals surface area contributed by atoms with Gasteiger partial charge in [0, 0.05) is 21.8 Å². The van der Waals surface area contributed by atoms with E-state index in [0.29, 0.717) is 14.6 Å². The zero-order valence-electron chi connectivity index (χ0n) is 13.4. The van der Waals surface area contributed by atoms with Gasteiger partial charge in [0.25, 0.3) is 0 Å². The maximum Gasteiger partial charge on any atom is 0.0946 e. The van der Waals surface area contributed by atoms with Crippen LogP contribution in [0.15, 0.2) is 54.7 Å². The van der Waals surface area contributed by atoms with Gasteiger partial charge in [-0.15, -0.1) is 23.5 Å². The second-order valence-corrected chi connectivity index (χ2v) is 9.39. The highest BCUT2D eigenvalue weighted by atomic mass is 35.5. The van der Waals surface area contributed by atoms with Gasteiger partial charge in [-0.2, -0.15) is 5.10 Å². The number of aromatic nitrogens is 2. The Bertz CT molecular complexity index is 854. The molecule has 2 heterocycles. The number of hydrogen-bond donors (Lipinski definition) is 0. The number of halogens is 2. The predicted octanol–water partition coefficient (Wildman–Crippen LogP) is 6.71. The molecule has 0 aliphatic carbocycles. The van der Waals surface area contributed by atoms with Crippen molar-refractivity contribution in [1.29, 1.82) is 0 Å². The van der Waals surface area contributed by atoms with Crippen molar-refractivity contribution in [2.24, 2.45) is 0 Å². The molecule has 0 amide bonds. The van der Waals surface area contributed by atoms with E-state index in [9.17, 15) is 0 Å². The van der Waals surface area contributed by atoms with Crippen LogP contribution in [0.3, 0.4) is 0 Å². The van der Waals surface area contributed by atoms with E-state index in [-0.39, 0.29) is 0 Å². The topological polar surface area (TPSA) is 17.8 Å². The molecule has 4 rings (SSSR count). The molecule has 6 heteroatoms. The summed E-state index contributed by atoms with van der Waals surface area (Å²) in [5.74, 6) is 2.36. The van der Waals surface area contributed by atoms with Crippen molar-refractivity contribution >= 4 is 46.7 Å². The Balaban J connectivity index is 1.82. The highest BCUT2D eigenvalue weighted by molar-refractivity contribution is 8.16. The fourth-order valence-electron chi connectivity index (χ4n) is 2.85. The lowest BCUT2D eigenvalue weighted by molar-refractivity contribution is 0.856. The number of rotatable bonds is 3. The summed E-state index contributed by atoms with van der Waals surface area (Å²) in [5, 5.41) is 6.15. The van der Waals surface area contributed by atoms with Crippen molar-refractivity contribution in [2.45, 2.75) is 11.0 Å². The molecule has 1 aliphatic rings. The van der Waals surface area contributed by atoms with Crippen LogP contribution in [0.2, 0.25) is 10.0 Å². The standard InChI is InChI=1S/C19H16Cl2N2S2/c20-14-9-15(21)11-16(10-14)23-12-17(13-5-2-1-3-6-13)18(22-23)19-24-7-4-8-25-19/h1-3,5-6,9-12,19H,4,7-8H2. The van der Waals surface area contributed by atoms with Crippen molar-refractivity contribution < 1.29 is 0 Å². The largest absolute Gasteiger partial charge is 0.240 e. The molecule has 0 atom stereocenters. The number of hydrogen-bond acceptors (Lipinski definition) is 3.